The van der Waals surface area contributed by atoms with Crippen molar-refractivity contribution in [1.82, 2.24) is 20.4 Å². The molecule has 0 radical (unpaired) electrons. The number of hydrogen-bond acceptors (Lipinski definition) is 4. The monoisotopic (exact) mass is 558 g/mol. The summed E-state index contributed by atoms with van der Waals surface area (Å²) in [6.45, 7) is 1.31. The maximum atomic E-state index is 13.4. The molecule has 6 nitrogen and oxygen atoms in total. The molecular weight excluding hydrogens is 526 g/mol. The van der Waals surface area contributed by atoms with E-state index in [2.05, 4.69) is 10.6 Å². The number of likely N-dealkylation sites (N-methyl/N-ethyl adjacent to an activating group) is 1. The third kappa shape index (κ3) is 8.96. The van der Waals surface area contributed by atoms with Gasteiger partial charge in [-0.05, 0) is 57.1 Å². The van der Waals surface area contributed by atoms with Crippen LogP contribution >= 0.6 is 0 Å². The summed E-state index contributed by atoms with van der Waals surface area (Å²) in [6, 6.07) is 9.38. The minimum atomic E-state index is -5.05. The lowest BCUT2D eigenvalue weighted by atomic mass is 9.91. The number of nitrogens with zero attached hydrogens (tertiary/aromatic N) is 2. The first kappa shape index (κ1) is 30.4. The molecule has 0 aliphatic carbocycles. The molecule has 0 bridgehead atoms. The van der Waals surface area contributed by atoms with Gasteiger partial charge in [-0.2, -0.15) is 26.3 Å². The van der Waals surface area contributed by atoms with Gasteiger partial charge in [0.2, 0.25) is 5.91 Å². The number of nitrogens with one attached hydrogen (secondary N) is 2. The second kappa shape index (κ2) is 12.8. The SMILES string of the molecule is CN(C)CCNC(=O)CN[C@H]1CCN(C(=O)c2cc(C(F)(F)F)cc(C(F)(F)F)c2)[C@H](Cc2ccccc2)C1. The molecule has 0 saturated carbocycles. The molecule has 2 aromatic carbocycles. The molecule has 3 rings (SSSR count). The van der Waals surface area contributed by atoms with Crippen molar-refractivity contribution in [2.75, 3.05) is 40.3 Å². The molecule has 2 aromatic rings. The fourth-order valence-corrected chi connectivity index (χ4v) is 4.55. The highest BCUT2D eigenvalue weighted by molar-refractivity contribution is 5.95. The summed E-state index contributed by atoms with van der Waals surface area (Å²) >= 11 is 0. The fourth-order valence-electron chi connectivity index (χ4n) is 4.55. The Morgan fingerprint density at radius 2 is 1.59 bits per heavy atom. The van der Waals surface area contributed by atoms with Gasteiger partial charge in [0.15, 0.2) is 0 Å². The van der Waals surface area contributed by atoms with Gasteiger partial charge in [0.05, 0.1) is 17.7 Å². The molecule has 0 aromatic heterocycles. The van der Waals surface area contributed by atoms with E-state index in [4.69, 9.17) is 0 Å². The van der Waals surface area contributed by atoms with Crippen LogP contribution in [0.5, 0.6) is 0 Å². The molecule has 214 valence electrons. The molecule has 1 heterocycles. The van der Waals surface area contributed by atoms with E-state index in [9.17, 15) is 35.9 Å². The van der Waals surface area contributed by atoms with Crippen LogP contribution in [0, 0.1) is 0 Å². The van der Waals surface area contributed by atoms with E-state index in [0.29, 0.717) is 44.5 Å². The van der Waals surface area contributed by atoms with Crippen LogP contribution in [0.1, 0.15) is 39.9 Å². The second-order valence-corrected chi connectivity index (χ2v) is 9.89. The molecule has 2 atom stereocenters. The van der Waals surface area contributed by atoms with E-state index in [-0.39, 0.29) is 31.1 Å². The zero-order valence-electron chi connectivity index (χ0n) is 21.7. The number of carbonyl (C=O) groups is 2. The molecule has 1 saturated heterocycles. The number of benzene rings is 2. The van der Waals surface area contributed by atoms with Gasteiger partial charge in [-0.1, -0.05) is 30.3 Å². The van der Waals surface area contributed by atoms with Crippen molar-refractivity contribution in [2.45, 2.75) is 43.7 Å². The number of carbonyl (C=O) groups excluding carboxylic acids is 2. The number of alkyl halides is 6. The molecular formula is C27H32F6N4O2. The van der Waals surface area contributed by atoms with Gasteiger partial charge in [-0.25, -0.2) is 0 Å². The van der Waals surface area contributed by atoms with Crippen molar-refractivity contribution in [3.05, 3.63) is 70.8 Å². The Bertz CT molecular complexity index is 1090. The minimum absolute atomic E-state index is 0.0119. The Balaban J connectivity index is 1.80. The van der Waals surface area contributed by atoms with Crippen LogP contribution in [0.3, 0.4) is 0 Å². The van der Waals surface area contributed by atoms with Crippen molar-refractivity contribution < 1.29 is 35.9 Å². The average molecular weight is 559 g/mol. The number of amides is 2. The highest BCUT2D eigenvalue weighted by atomic mass is 19.4. The lowest BCUT2D eigenvalue weighted by Crippen LogP contribution is -2.53. The summed E-state index contributed by atoms with van der Waals surface area (Å²) in [5.74, 6) is -1.09. The van der Waals surface area contributed by atoms with Crippen LogP contribution in [0.4, 0.5) is 26.3 Å². The van der Waals surface area contributed by atoms with E-state index in [1.54, 1.807) is 12.1 Å². The van der Waals surface area contributed by atoms with Crippen molar-refractivity contribution >= 4 is 11.8 Å². The molecule has 1 aliphatic heterocycles. The van der Waals surface area contributed by atoms with Crippen LogP contribution in [0.2, 0.25) is 0 Å². The Morgan fingerprint density at radius 1 is 0.974 bits per heavy atom. The molecule has 2 amide bonds. The largest absolute Gasteiger partial charge is 0.416 e. The van der Waals surface area contributed by atoms with Crippen LogP contribution < -0.4 is 10.6 Å². The number of halogens is 6. The zero-order chi connectivity index (χ0) is 28.8. The first-order chi connectivity index (χ1) is 18.2. The minimum Gasteiger partial charge on any atom is -0.354 e. The van der Waals surface area contributed by atoms with Gasteiger partial charge in [-0.3, -0.25) is 9.59 Å². The number of likely N-dealkylation sites (tertiary alicyclic amines) is 1. The fraction of sp³-hybridized carbons (Fsp3) is 0.481. The van der Waals surface area contributed by atoms with Crippen molar-refractivity contribution in [1.29, 1.82) is 0 Å². The Morgan fingerprint density at radius 3 is 2.15 bits per heavy atom. The molecule has 39 heavy (non-hydrogen) atoms. The summed E-state index contributed by atoms with van der Waals surface area (Å²) in [7, 11) is 3.77. The lowest BCUT2D eigenvalue weighted by molar-refractivity contribution is -0.143. The third-order valence-corrected chi connectivity index (χ3v) is 6.56. The summed E-state index contributed by atoms with van der Waals surface area (Å²) < 4.78 is 80.3. The maximum Gasteiger partial charge on any atom is 0.416 e. The summed E-state index contributed by atoms with van der Waals surface area (Å²) in [5.41, 5.74) is -2.86. The normalized spacial score (nSPS) is 18.3. The van der Waals surface area contributed by atoms with Gasteiger partial charge >= 0.3 is 12.4 Å². The second-order valence-electron chi connectivity index (χ2n) is 9.89. The summed E-state index contributed by atoms with van der Waals surface area (Å²) in [5, 5.41) is 5.97. The van der Waals surface area contributed by atoms with Gasteiger partial charge in [0.1, 0.15) is 0 Å². The molecule has 2 N–H and O–H groups in total. The Labute approximate surface area is 223 Å². The van der Waals surface area contributed by atoms with Gasteiger partial charge in [0.25, 0.3) is 5.91 Å². The first-order valence-electron chi connectivity index (χ1n) is 12.5. The van der Waals surface area contributed by atoms with Crippen molar-refractivity contribution in [3.63, 3.8) is 0 Å². The highest BCUT2D eigenvalue weighted by Gasteiger charge is 2.39. The lowest BCUT2D eigenvalue weighted by Gasteiger charge is -2.40. The topological polar surface area (TPSA) is 64.7 Å². The molecule has 1 fully saturated rings. The number of hydrogen-bond donors (Lipinski definition) is 2. The predicted octanol–water partition coefficient (Wildman–Crippen LogP) is 4.21. The third-order valence-electron chi connectivity index (χ3n) is 6.56. The van der Waals surface area contributed by atoms with E-state index in [1.165, 1.54) is 4.90 Å². The molecule has 0 spiro atoms. The quantitative estimate of drug-likeness (QED) is 0.453. The summed E-state index contributed by atoms with van der Waals surface area (Å²) in [4.78, 5) is 28.9. The smallest absolute Gasteiger partial charge is 0.354 e. The van der Waals surface area contributed by atoms with Crippen LogP contribution in [-0.4, -0.2) is 74.0 Å². The van der Waals surface area contributed by atoms with Crippen LogP contribution in [-0.2, 0) is 23.6 Å². The van der Waals surface area contributed by atoms with Crippen LogP contribution in [0.15, 0.2) is 48.5 Å². The molecule has 0 unspecified atom stereocenters. The van der Waals surface area contributed by atoms with Gasteiger partial charge in [0, 0.05) is 37.3 Å². The standard InChI is InChI=1S/C27H32F6N4O2/c1-36(2)11-9-34-24(38)17-35-22-8-10-37(23(16-22)12-18-6-4-3-5-7-18)25(39)19-13-20(26(28,29)30)15-21(14-19)27(31,32)33/h3-7,13-15,22-23,35H,8-12,16-17H2,1-2H3,(H,34,38)/t22-,23+/m0/s1. The number of piperidine rings is 1. The molecule has 1 aliphatic rings. The van der Waals surface area contributed by atoms with Gasteiger partial charge in [-0.15, -0.1) is 0 Å². The average Bonchev–Trinajstić information content (AvgIpc) is 2.86. The molecule has 12 heteroatoms. The van der Waals surface area contributed by atoms with Crippen LogP contribution in [0.25, 0.3) is 0 Å². The highest BCUT2D eigenvalue weighted by Crippen LogP contribution is 2.37. The Hall–Kier alpha value is -3.12. The van der Waals surface area contributed by atoms with E-state index in [0.717, 1.165) is 5.56 Å². The number of rotatable bonds is 9. The predicted molar refractivity (Wildman–Crippen MR) is 134 cm³/mol. The first-order valence-corrected chi connectivity index (χ1v) is 12.5. The zero-order valence-corrected chi connectivity index (χ0v) is 21.7. The summed E-state index contributed by atoms with van der Waals surface area (Å²) in [6.07, 6.45) is -9.00. The van der Waals surface area contributed by atoms with E-state index >= 15 is 0 Å². The van der Waals surface area contributed by atoms with E-state index in [1.807, 2.05) is 37.2 Å². The van der Waals surface area contributed by atoms with Crippen molar-refractivity contribution in [3.8, 4) is 0 Å². The van der Waals surface area contributed by atoms with Crippen molar-refractivity contribution in [2.24, 2.45) is 0 Å². The van der Waals surface area contributed by atoms with Gasteiger partial charge < -0.3 is 20.4 Å². The maximum absolute atomic E-state index is 13.4. The van der Waals surface area contributed by atoms with E-state index < -0.39 is 41.0 Å². The Kier molecular flexibility index (Phi) is 10.0.